The van der Waals surface area contributed by atoms with Gasteiger partial charge < -0.3 is 9.67 Å². The number of halogens is 4. The van der Waals surface area contributed by atoms with E-state index < -0.39 is 12.3 Å². The number of carbonyl (C=O) groups excluding carboxylic acids is 1. The maximum absolute atomic E-state index is 14.2. The minimum absolute atomic E-state index is 0.150. The van der Waals surface area contributed by atoms with Crippen LogP contribution in [0.15, 0.2) is 72.9 Å². The number of hydrogen-bond donors (Lipinski definition) is 1. The van der Waals surface area contributed by atoms with Crippen molar-refractivity contribution in [2.45, 2.75) is 6.54 Å². The van der Waals surface area contributed by atoms with Gasteiger partial charge in [-0.2, -0.15) is 5.26 Å². The molecule has 0 unspecified atom stereocenters. The molecule has 0 radical (unpaired) electrons. The molecule has 0 aliphatic heterocycles. The first-order valence-electron chi connectivity index (χ1n) is 10.0. The molecule has 0 aliphatic carbocycles. The third-order valence-electron chi connectivity index (χ3n) is 5.04. The highest BCUT2D eigenvalue weighted by Gasteiger charge is 2.12. The Labute approximate surface area is 202 Å². The third kappa shape index (κ3) is 6.37. The Balaban J connectivity index is 0.000000795. The normalized spacial score (nSPS) is 10.9. The molecule has 35 heavy (non-hydrogen) atoms. The number of benzene rings is 3. The van der Waals surface area contributed by atoms with Crippen LogP contribution in [0, 0.1) is 17.1 Å². The summed E-state index contributed by atoms with van der Waals surface area (Å²) in [4.78, 5) is 19.2. The standard InChI is InChI=1S/C25H16ClFN2O2.CF2O/c26-21-9-10-22-20(11-19(13-28)16-5-7-17(8-6-16)25(30)31)15-29(24(22)12-21)14-18-3-1-2-4-23(18)27;2-1(3)4/h1-12,15H,14H2,(H,30,31);/b19-11+;. The summed E-state index contributed by atoms with van der Waals surface area (Å²) < 4.78 is 35.5. The Hall–Kier alpha value is -4.35. The molecule has 0 amide bonds. The lowest BCUT2D eigenvalue weighted by Crippen LogP contribution is -2.00. The molecule has 4 rings (SSSR count). The maximum atomic E-state index is 14.2. The molecular formula is C26H16ClF3N2O3. The zero-order valence-electron chi connectivity index (χ0n) is 17.9. The Bertz CT molecular complexity index is 1470. The average molecular weight is 497 g/mol. The van der Waals surface area contributed by atoms with Crippen LogP contribution < -0.4 is 0 Å². The van der Waals surface area contributed by atoms with E-state index in [1.807, 2.05) is 22.9 Å². The van der Waals surface area contributed by atoms with Crippen molar-refractivity contribution in [1.82, 2.24) is 4.57 Å². The van der Waals surface area contributed by atoms with Crippen molar-refractivity contribution in [3.05, 3.63) is 106 Å². The fourth-order valence-electron chi connectivity index (χ4n) is 3.48. The largest absolute Gasteiger partial charge is 0.483 e. The van der Waals surface area contributed by atoms with Crippen LogP contribution in [-0.2, 0) is 6.54 Å². The van der Waals surface area contributed by atoms with Crippen LogP contribution in [0.2, 0.25) is 5.02 Å². The number of rotatable bonds is 5. The van der Waals surface area contributed by atoms with Crippen LogP contribution in [0.25, 0.3) is 22.6 Å². The number of fused-ring (bicyclic) bond motifs is 1. The molecule has 0 bridgehead atoms. The van der Waals surface area contributed by atoms with Gasteiger partial charge in [0.2, 0.25) is 0 Å². The summed E-state index contributed by atoms with van der Waals surface area (Å²) in [7, 11) is 0. The maximum Gasteiger partial charge on any atom is 0.483 e. The number of carboxylic acid groups (broad SMARTS) is 1. The van der Waals surface area contributed by atoms with Crippen LogP contribution in [0.3, 0.4) is 0 Å². The molecule has 1 N–H and O–H groups in total. The molecule has 0 spiro atoms. The Morgan fingerprint density at radius 3 is 2.26 bits per heavy atom. The van der Waals surface area contributed by atoms with E-state index in [1.165, 1.54) is 18.2 Å². The van der Waals surface area contributed by atoms with Gasteiger partial charge in [-0.3, -0.25) is 0 Å². The number of aromatic carboxylic acids is 1. The van der Waals surface area contributed by atoms with Crippen LogP contribution in [-0.4, -0.2) is 21.9 Å². The van der Waals surface area contributed by atoms with E-state index in [4.69, 9.17) is 21.5 Å². The first kappa shape index (κ1) is 25.3. The molecular weight excluding hydrogens is 481 g/mol. The smallest absolute Gasteiger partial charge is 0.478 e. The van der Waals surface area contributed by atoms with Gasteiger partial charge in [0, 0.05) is 27.7 Å². The summed E-state index contributed by atoms with van der Waals surface area (Å²) in [5, 5.41) is 20.2. The Morgan fingerprint density at radius 2 is 1.66 bits per heavy atom. The molecule has 3 aromatic carbocycles. The summed E-state index contributed by atoms with van der Waals surface area (Å²) in [6.45, 7) is 0.312. The molecule has 5 nitrogen and oxygen atoms in total. The van der Waals surface area contributed by atoms with Gasteiger partial charge in [-0.15, -0.1) is 8.78 Å². The highest BCUT2D eigenvalue weighted by molar-refractivity contribution is 6.31. The van der Waals surface area contributed by atoms with Gasteiger partial charge in [-0.25, -0.2) is 14.0 Å². The molecule has 0 atom stereocenters. The second-order valence-corrected chi connectivity index (χ2v) is 7.68. The molecule has 1 aromatic heterocycles. The number of hydrogen-bond acceptors (Lipinski definition) is 3. The predicted octanol–water partition coefficient (Wildman–Crippen LogP) is 7.29. The van der Waals surface area contributed by atoms with Gasteiger partial charge in [0.15, 0.2) is 0 Å². The number of nitrogens with zero attached hydrogens (tertiary/aromatic N) is 2. The Morgan fingerprint density at radius 1 is 1.03 bits per heavy atom. The van der Waals surface area contributed by atoms with Gasteiger partial charge in [-0.1, -0.05) is 48.0 Å². The number of carbonyl (C=O) groups is 2. The van der Waals surface area contributed by atoms with Crippen molar-refractivity contribution >= 4 is 46.4 Å². The summed E-state index contributed by atoms with van der Waals surface area (Å²) >= 11 is 6.20. The Kier molecular flexibility index (Phi) is 8.08. The van der Waals surface area contributed by atoms with E-state index in [0.717, 1.165) is 16.5 Å². The van der Waals surface area contributed by atoms with Gasteiger partial charge in [0.05, 0.1) is 29.3 Å². The topological polar surface area (TPSA) is 83.1 Å². The van der Waals surface area contributed by atoms with Crippen molar-refractivity contribution < 1.29 is 27.9 Å². The van der Waals surface area contributed by atoms with Crippen molar-refractivity contribution in [1.29, 1.82) is 5.26 Å². The number of nitriles is 1. The van der Waals surface area contributed by atoms with Gasteiger partial charge >= 0.3 is 12.3 Å². The van der Waals surface area contributed by atoms with Crippen LogP contribution in [0.5, 0.6) is 0 Å². The van der Waals surface area contributed by atoms with E-state index in [2.05, 4.69) is 6.07 Å². The minimum atomic E-state index is -2.83. The second kappa shape index (κ2) is 11.2. The molecule has 0 aliphatic rings. The number of carboxylic acids is 1. The van der Waals surface area contributed by atoms with Crippen LogP contribution >= 0.6 is 11.6 Å². The van der Waals surface area contributed by atoms with Gasteiger partial charge in [-0.05, 0) is 42.0 Å². The molecule has 9 heteroatoms. The van der Waals surface area contributed by atoms with Crippen LogP contribution in [0.4, 0.5) is 18.0 Å². The van der Waals surface area contributed by atoms with Crippen molar-refractivity contribution in [2.24, 2.45) is 0 Å². The SMILES string of the molecule is N#C/C(=C\c1cn(Cc2ccccc2F)c2cc(Cl)ccc12)c1ccc(C(=O)O)cc1.O=C(F)F. The van der Waals surface area contributed by atoms with Crippen LogP contribution in [0.1, 0.15) is 27.0 Å². The highest BCUT2D eigenvalue weighted by Crippen LogP contribution is 2.29. The minimum Gasteiger partial charge on any atom is -0.478 e. The molecule has 1 heterocycles. The molecule has 0 saturated heterocycles. The van der Waals surface area contributed by atoms with Crippen molar-refractivity contribution in [3.8, 4) is 6.07 Å². The second-order valence-electron chi connectivity index (χ2n) is 7.24. The highest BCUT2D eigenvalue weighted by atomic mass is 35.5. The lowest BCUT2D eigenvalue weighted by atomic mass is 10.0. The van der Waals surface area contributed by atoms with E-state index in [1.54, 1.807) is 42.5 Å². The molecule has 0 fully saturated rings. The average Bonchev–Trinajstić information content (AvgIpc) is 3.14. The van der Waals surface area contributed by atoms with E-state index in [0.29, 0.717) is 28.3 Å². The number of allylic oxidation sites excluding steroid dienone is 1. The fraction of sp³-hybridized carbons (Fsp3) is 0.0385. The van der Waals surface area contributed by atoms with Crippen molar-refractivity contribution in [3.63, 3.8) is 0 Å². The monoisotopic (exact) mass is 496 g/mol. The lowest BCUT2D eigenvalue weighted by molar-refractivity contribution is 0.0696. The van der Waals surface area contributed by atoms with E-state index in [9.17, 15) is 23.2 Å². The van der Waals surface area contributed by atoms with Gasteiger partial charge in [0.25, 0.3) is 0 Å². The number of aromatic nitrogens is 1. The summed E-state index contributed by atoms with van der Waals surface area (Å²) in [5.74, 6) is -1.32. The summed E-state index contributed by atoms with van der Waals surface area (Å²) in [6.07, 6.45) is 0.764. The van der Waals surface area contributed by atoms with E-state index in [-0.39, 0.29) is 11.4 Å². The fourth-order valence-corrected chi connectivity index (χ4v) is 3.64. The molecule has 4 aromatic rings. The first-order chi connectivity index (χ1) is 16.7. The quantitative estimate of drug-likeness (QED) is 0.232. The zero-order chi connectivity index (χ0) is 25.5. The van der Waals surface area contributed by atoms with Gasteiger partial charge in [0.1, 0.15) is 5.82 Å². The predicted molar refractivity (Wildman–Crippen MR) is 127 cm³/mol. The van der Waals surface area contributed by atoms with E-state index >= 15 is 0 Å². The lowest BCUT2D eigenvalue weighted by Gasteiger charge is -2.06. The first-order valence-corrected chi connectivity index (χ1v) is 10.4. The zero-order valence-corrected chi connectivity index (χ0v) is 18.6. The molecule has 0 saturated carbocycles. The molecule has 176 valence electrons. The summed E-state index contributed by atoms with van der Waals surface area (Å²) in [5.41, 5.74) is 3.28. The third-order valence-corrected chi connectivity index (χ3v) is 5.27. The summed E-state index contributed by atoms with van der Waals surface area (Å²) in [6, 6.07) is 20.3. The van der Waals surface area contributed by atoms with Crippen molar-refractivity contribution in [2.75, 3.05) is 0 Å².